The molecule has 1 atom stereocenters. The van der Waals surface area contributed by atoms with Crippen LogP contribution in [0.5, 0.6) is 5.75 Å². The molecule has 0 aliphatic carbocycles. The first kappa shape index (κ1) is 20.9. The van der Waals surface area contributed by atoms with Crippen LogP contribution in [0.3, 0.4) is 0 Å². The van der Waals surface area contributed by atoms with Crippen LogP contribution in [0, 0.1) is 0 Å². The Kier molecular flexibility index (Phi) is 6.18. The molecule has 0 spiro atoms. The second kappa shape index (κ2) is 9.18. The quantitative estimate of drug-likeness (QED) is 0.795. The van der Waals surface area contributed by atoms with Gasteiger partial charge in [-0.2, -0.15) is 0 Å². The van der Waals surface area contributed by atoms with Gasteiger partial charge in [-0.1, -0.05) is 30.3 Å². The van der Waals surface area contributed by atoms with Crippen molar-refractivity contribution in [1.82, 2.24) is 15.2 Å². The van der Waals surface area contributed by atoms with Gasteiger partial charge in [0.05, 0.1) is 12.8 Å². The zero-order valence-corrected chi connectivity index (χ0v) is 17.8. The third kappa shape index (κ3) is 4.69. The third-order valence-corrected chi connectivity index (χ3v) is 5.56. The highest BCUT2D eigenvalue weighted by Crippen LogP contribution is 2.17. The molecule has 8 heteroatoms. The number of anilines is 1. The van der Waals surface area contributed by atoms with Gasteiger partial charge in [0.15, 0.2) is 0 Å². The summed E-state index contributed by atoms with van der Waals surface area (Å²) in [4.78, 5) is 34.1. The first-order chi connectivity index (χ1) is 15.0. The molecule has 0 bridgehead atoms. The molecular formula is C23H27N5O3. The Bertz CT molecular complexity index is 953. The summed E-state index contributed by atoms with van der Waals surface area (Å²) in [6, 6.07) is 16.7. The number of benzene rings is 2. The summed E-state index contributed by atoms with van der Waals surface area (Å²) < 4.78 is 5.21. The Morgan fingerprint density at radius 1 is 1.06 bits per heavy atom. The molecule has 2 aliphatic heterocycles. The van der Waals surface area contributed by atoms with Crippen LogP contribution in [0.1, 0.15) is 12.5 Å². The highest BCUT2D eigenvalue weighted by atomic mass is 16.5. The van der Waals surface area contributed by atoms with E-state index in [-0.39, 0.29) is 17.6 Å². The minimum atomic E-state index is -0.614. The molecule has 2 heterocycles. The summed E-state index contributed by atoms with van der Waals surface area (Å²) in [5, 5.41) is 1.41. The number of hydrogen-bond donors (Lipinski definition) is 1. The fraction of sp³-hybridized carbons (Fsp3) is 0.348. The number of amides is 2. The molecular weight excluding hydrogens is 394 g/mol. The summed E-state index contributed by atoms with van der Waals surface area (Å²) in [5.74, 6) is 0.688. The monoisotopic (exact) mass is 421 g/mol. The second-order valence-electron chi connectivity index (χ2n) is 7.69. The predicted octanol–water partition coefficient (Wildman–Crippen LogP) is 1.68. The Labute approximate surface area is 182 Å². The molecule has 4 rings (SSSR count). The van der Waals surface area contributed by atoms with Crippen LogP contribution in [-0.4, -0.2) is 66.8 Å². The van der Waals surface area contributed by atoms with E-state index in [1.807, 2.05) is 42.5 Å². The van der Waals surface area contributed by atoms with E-state index < -0.39 is 6.04 Å². The number of aliphatic imine (C=N–C) groups is 1. The van der Waals surface area contributed by atoms with Gasteiger partial charge in [-0.25, -0.2) is 10.0 Å². The minimum Gasteiger partial charge on any atom is -0.497 e. The van der Waals surface area contributed by atoms with E-state index in [4.69, 9.17) is 4.74 Å². The van der Waals surface area contributed by atoms with E-state index in [1.54, 1.807) is 18.9 Å². The Hall–Kier alpha value is -3.39. The average molecular weight is 422 g/mol. The number of carbonyl (C=O) groups is 2. The summed E-state index contributed by atoms with van der Waals surface area (Å²) in [6.45, 7) is 5.33. The first-order valence-electron chi connectivity index (χ1n) is 10.4. The van der Waals surface area contributed by atoms with Crippen molar-refractivity contribution in [1.29, 1.82) is 0 Å². The summed E-state index contributed by atoms with van der Waals surface area (Å²) >= 11 is 0. The third-order valence-electron chi connectivity index (χ3n) is 5.56. The van der Waals surface area contributed by atoms with Gasteiger partial charge in [-0.3, -0.25) is 19.9 Å². The molecule has 2 aliphatic rings. The molecule has 2 amide bonds. The number of nitrogens with zero attached hydrogens (tertiary/aromatic N) is 4. The van der Waals surface area contributed by atoms with E-state index in [9.17, 15) is 9.59 Å². The minimum absolute atomic E-state index is 0.177. The zero-order valence-electron chi connectivity index (χ0n) is 17.8. The number of para-hydroxylation sites is 1. The molecule has 1 fully saturated rings. The van der Waals surface area contributed by atoms with Gasteiger partial charge in [0.1, 0.15) is 11.8 Å². The maximum absolute atomic E-state index is 13.1. The molecule has 0 saturated carbocycles. The SMILES string of the molecule is COc1ccc(CN2CCN(C(=O)C3=NC(C)C(=O)N(c4ccccc4)N3)CC2)cc1. The lowest BCUT2D eigenvalue weighted by Gasteiger charge is -2.37. The Balaban J connectivity index is 1.36. The number of nitrogens with one attached hydrogen (secondary N) is 1. The van der Waals surface area contributed by atoms with Gasteiger partial charge in [0.2, 0.25) is 5.84 Å². The highest BCUT2D eigenvalue weighted by molar-refractivity contribution is 6.39. The van der Waals surface area contributed by atoms with Crippen LogP contribution in [-0.2, 0) is 16.1 Å². The predicted molar refractivity (Wildman–Crippen MR) is 119 cm³/mol. The normalized spacial score (nSPS) is 19.6. The van der Waals surface area contributed by atoms with Gasteiger partial charge in [-0.05, 0) is 36.8 Å². The first-order valence-corrected chi connectivity index (χ1v) is 10.4. The molecule has 2 aromatic rings. The fourth-order valence-corrected chi connectivity index (χ4v) is 3.75. The van der Waals surface area contributed by atoms with Gasteiger partial charge in [0, 0.05) is 32.7 Å². The van der Waals surface area contributed by atoms with Crippen LogP contribution in [0.15, 0.2) is 59.6 Å². The lowest BCUT2D eigenvalue weighted by molar-refractivity contribution is -0.126. The van der Waals surface area contributed by atoms with E-state index >= 15 is 0 Å². The van der Waals surface area contributed by atoms with Crippen molar-refractivity contribution in [2.24, 2.45) is 4.99 Å². The molecule has 1 saturated heterocycles. The van der Waals surface area contributed by atoms with E-state index in [0.717, 1.165) is 25.4 Å². The number of methoxy groups -OCH3 is 1. The number of amidine groups is 1. The van der Waals surface area contributed by atoms with Crippen LogP contribution in [0.2, 0.25) is 0 Å². The van der Waals surface area contributed by atoms with Crippen molar-refractivity contribution < 1.29 is 14.3 Å². The maximum Gasteiger partial charge on any atom is 0.290 e. The van der Waals surface area contributed by atoms with Crippen LogP contribution < -0.4 is 15.2 Å². The number of hydrazine groups is 1. The number of hydrogen-bond acceptors (Lipinski definition) is 6. The number of rotatable bonds is 5. The number of piperazine rings is 1. The zero-order chi connectivity index (χ0) is 21.8. The number of ether oxygens (including phenoxy) is 1. The summed E-state index contributed by atoms with van der Waals surface area (Å²) in [7, 11) is 1.66. The highest BCUT2D eigenvalue weighted by Gasteiger charge is 2.33. The van der Waals surface area contributed by atoms with Crippen molar-refractivity contribution in [3.63, 3.8) is 0 Å². The van der Waals surface area contributed by atoms with Gasteiger partial charge < -0.3 is 9.64 Å². The molecule has 8 nitrogen and oxygen atoms in total. The maximum atomic E-state index is 13.1. The van der Waals surface area contributed by atoms with Gasteiger partial charge >= 0.3 is 0 Å². The molecule has 31 heavy (non-hydrogen) atoms. The lowest BCUT2D eigenvalue weighted by atomic mass is 10.2. The van der Waals surface area contributed by atoms with Crippen LogP contribution >= 0.6 is 0 Å². The molecule has 2 aromatic carbocycles. The van der Waals surface area contributed by atoms with Crippen molar-refractivity contribution >= 4 is 23.3 Å². The van der Waals surface area contributed by atoms with Crippen molar-refractivity contribution in [3.8, 4) is 5.75 Å². The standard InChI is InChI=1S/C23H27N5O3/c1-17-22(29)28(19-6-4-3-5-7-19)25-21(24-17)23(30)27-14-12-26(13-15-27)16-18-8-10-20(31-2)11-9-18/h3-11,17H,12-16H2,1-2H3,(H,24,25). The van der Waals surface area contributed by atoms with Crippen molar-refractivity contribution in [2.75, 3.05) is 38.3 Å². The second-order valence-corrected chi connectivity index (χ2v) is 7.69. The van der Waals surface area contributed by atoms with Gasteiger partial charge in [-0.15, -0.1) is 0 Å². The van der Waals surface area contributed by atoms with E-state index in [0.29, 0.717) is 18.8 Å². The molecule has 1 N–H and O–H groups in total. The molecule has 0 radical (unpaired) electrons. The van der Waals surface area contributed by atoms with Gasteiger partial charge in [0.25, 0.3) is 11.8 Å². The van der Waals surface area contributed by atoms with E-state index in [1.165, 1.54) is 10.6 Å². The Morgan fingerprint density at radius 2 is 1.74 bits per heavy atom. The van der Waals surface area contributed by atoms with E-state index in [2.05, 4.69) is 27.5 Å². The van der Waals surface area contributed by atoms with Crippen molar-refractivity contribution in [3.05, 3.63) is 60.2 Å². The lowest BCUT2D eigenvalue weighted by Crippen LogP contribution is -2.60. The van der Waals surface area contributed by atoms with Crippen molar-refractivity contribution in [2.45, 2.75) is 19.5 Å². The average Bonchev–Trinajstić information content (AvgIpc) is 2.82. The topological polar surface area (TPSA) is 77.5 Å². The largest absolute Gasteiger partial charge is 0.497 e. The van der Waals surface area contributed by atoms with Crippen LogP contribution in [0.4, 0.5) is 5.69 Å². The molecule has 0 aromatic heterocycles. The Morgan fingerprint density at radius 3 is 2.39 bits per heavy atom. The molecule has 1 unspecified atom stereocenters. The summed E-state index contributed by atoms with van der Waals surface area (Å²) in [5.41, 5.74) is 4.82. The number of carbonyl (C=O) groups excluding carboxylic acids is 2. The van der Waals surface area contributed by atoms with Crippen LogP contribution in [0.25, 0.3) is 0 Å². The summed E-state index contributed by atoms with van der Waals surface area (Å²) in [6.07, 6.45) is 0. The smallest absolute Gasteiger partial charge is 0.290 e. The molecule has 162 valence electrons. The fourth-order valence-electron chi connectivity index (χ4n) is 3.75.